The first-order chi connectivity index (χ1) is 27.0. The van der Waals surface area contributed by atoms with E-state index in [1.807, 2.05) is 42.3 Å². The predicted molar refractivity (Wildman–Crippen MR) is 213 cm³/mol. The number of likely N-dealkylation sites (N-methyl/N-ethyl adjacent to an activating group) is 1. The average molecular weight is 807 g/mol. The number of methoxy groups -OCH3 is 1. The van der Waals surface area contributed by atoms with E-state index in [-0.39, 0.29) is 35.8 Å². The van der Waals surface area contributed by atoms with Crippen LogP contribution in [0.5, 0.6) is 5.75 Å². The number of halogens is 3. The van der Waals surface area contributed by atoms with Crippen molar-refractivity contribution in [2.75, 3.05) is 45.2 Å². The number of carbonyl (C=O) groups excluding carboxylic acids is 2. The van der Waals surface area contributed by atoms with Crippen molar-refractivity contribution in [2.24, 2.45) is 13.0 Å². The number of hydrogen-bond donors (Lipinski definition) is 1. The van der Waals surface area contributed by atoms with Gasteiger partial charge in [0.1, 0.15) is 5.75 Å². The van der Waals surface area contributed by atoms with E-state index in [1.165, 1.54) is 25.6 Å². The minimum atomic E-state index is -4.91. The number of carbonyl (C=O) groups is 2. The van der Waals surface area contributed by atoms with E-state index in [1.54, 1.807) is 24.1 Å². The van der Waals surface area contributed by atoms with Crippen LogP contribution in [0.3, 0.4) is 0 Å². The van der Waals surface area contributed by atoms with Gasteiger partial charge >= 0.3 is 6.18 Å². The van der Waals surface area contributed by atoms with Crippen LogP contribution in [-0.2, 0) is 23.2 Å². The number of amides is 2. The van der Waals surface area contributed by atoms with Crippen molar-refractivity contribution in [1.82, 2.24) is 24.3 Å². The van der Waals surface area contributed by atoms with Gasteiger partial charge in [-0.2, -0.15) is 18.3 Å². The van der Waals surface area contributed by atoms with Gasteiger partial charge in [-0.1, -0.05) is 31.4 Å². The quantitative estimate of drug-likeness (QED) is 0.281. The van der Waals surface area contributed by atoms with Gasteiger partial charge in [0.15, 0.2) is 5.69 Å². The predicted octanol–water partition coefficient (Wildman–Crippen LogP) is 6.70. The SMILES string of the molecule is COc1ccc2c(c1)C=C(c1c(C(=O)N3CC4CCC(C3)N4C)c(C(F)(F)F)nn1C)CN1CC2=C(C2CCCCC2)c2ccc(C(=O)NS(=O)(=O)C(C)C)cc21. The average Bonchev–Trinajstić information content (AvgIpc) is 3.60. The Morgan fingerprint density at radius 3 is 2.26 bits per heavy atom. The van der Waals surface area contributed by atoms with Crippen molar-refractivity contribution < 1.29 is 35.9 Å². The van der Waals surface area contributed by atoms with Crippen molar-refractivity contribution in [3.63, 3.8) is 0 Å². The molecule has 1 aromatic heterocycles. The minimum Gasteiger partial charge on any atom is -0.497 e. The van der Waals surface area contributed by atoms with Crippen LogP contribution < -0.4 is 14.4 Å². The topological polar surface area (TPSA) is 117 Å². The molecule has 2 saturated heterocycles. The van der Waals surface area contributed by atoms with Crippen molar-refractivity contribution >= 4 is 50.3 Å². The molecule has 0 radical (unpaired) electrons. The maximum Gasteiger partial charge on any atom is 0.435 e. The number of allylic oxidation sites excluding steroid dienone is 1. The van der Waals surface area contributed by atoms with E-state index in [9.17, 15) is 31.2 Å². The molecule has 5 heterocycles. The molecule has 1 aliphatic carbocycles. The zero-order valence-corrected chi connectivity index (χ0v) is 33.8. The lowest BCUT2D eigenvalue weighted by atomic mass is 9.74. The third kappa shape index (κ3) is 7.04. The van der Waals surface area contributed by atoms with E-state index < -0.39 is 44.5 Å². The molecule has 2 aromatic carbocycles. The number of sulfonamides is 1. The van der Waals surface area contributed by atoms with Gasteiger partial charge in [0.25, 0.3) is 11.8 Å². The van der Waals surface area contributed by atoms with Gasteiger partial charge in [0, 0.05) is 62.1 Å². The highest BCUT2D eigenvalue weighted by molar-refractivity contribution is 7.90. The zero-order valence-electron chi connectivity index (χ0n) is 32.9. The Labute approximate surface area is 331 Å². The van der Waals surface area contributed by atoms with Crippen LogP contribution in [0.1, 0.15) is 108 Å². The minimum absolute atomic E-state index is 0.0611. The number of rotatable bonds is 7. The van der Waals surface area contributed by atoms with Crippen LogP contribution in [0.25, 0.3) is 22.8 Å². The van der Waals surface area contributed by atoms with Gasteiger partial charge in [-0.15, -0.1) is 0 Å². The number of piperazine rings is 1. The van der Waals surface area contributed by atoms with E-state index >= 15 is 0 Å². The first kappa shape index (κ1) is 39.2. The molecule has 0 spiro atoms. The maximum absolute atomic E-state index is 15.0. The molecule has 2 amide bonds. The van der Waals surface area contributed by atoms with Crippen molar-refractivity contribution in [3.8, 4) is 5.75 Å². The second-order valence-corrected chi connectivity index (χ2v) is 18.7. The summed E-state index contributed by atoms with van der Waals surface area (Å²) >= 11 is 0. The number of hydrogen-bond acceptors (Lipinski definition) is 8. The number of ether oxygens (including phenoxy) is 1. The number of fused-ring (bicyclic) bond motifs is 8. The molecule has 4 bridgehead atoms. The van der Waals surface area contributed by atoms with E-state index in [4.69, 9.17) is 4.74 Å². The molecule has 3 aromatic rings. The van der Waals surface area contributed by atoms with Crippen LogP contribution in [0.4, 0.5) is 18.9 Å². The summed E-state index contributed by atoms with van der Waals surface area (Å²) in [4.78, 5) is 33.9. The second kappa shape index (κ2) is 14.6. The largest absolute Gasteiger partial charge is 0.497 e. The molecule has 1 N–H and O–H groups in total. The Kier molecular flexibility index (Phi) is 10.1. The Bertz CT molecular complexity index is 2300. The zero-order chi connectivity index (χ0) is 40.6. The van der Waals surface area contributed by atoms with Gasteiger partial charge in [-0.05, 0) is 111 Å². The van der Waals surface area contributed by atoms with Gasteiger partial charge < -0.3 is 14.5 Å². The summed E-state index contributed by atoms with van der Waals surface area (Å²) in [6, 6.07) is 11.1. The number of aromatic nitrogens is 2. The van der Waals surface area contributed by atoms with Crippen LogP contribution >= 0.6 is 0 Å². The Balaban J connectivity index is 1.33. The molecule has 4 aliphatic heterocycles. The Morgan fingerprint density at radius 2 is 1.61 bits per heavy atom. The first-order valence-corrected chi connectivity index (χ1v) is 21.3. The number of likely N-dealkylation sites (tertiary alicyclic amines) is 1. The molecule has 8 rings (SSSR count). The van der Waals surface area contributed by atoms with Gasteiger partial charge in [-0.3, -0.25) is 19.2 Å². The highest BCUT2D eigenvalue weighted by atomic mass is 32.2. The lowest BCUT2D eigenvalue weighted by Gasteiger charge is -2.40. The van der Waals surface area contributed by atoms with Crippen molar-refractivity contribution in [2.45, 2.75) is 82.3 Å². The van der Waals surface area contributed by atoms with Crippen LogP contribution in [-0.4, -0.2) is 97.5 Å². The molecule has 1 saturated carbocycles. The van der Waals surface area contributed by atoms with Gasteiger partial charge in [-0.25, -0.2) is 13.1 Å². The number of benzene rings is 2. The summed E-state index contributed by atoms with van der Waals surface area (Å²) in [7, 11) is 1.08. The standard InChI is InChI=1S/C42H49F3N6O5S/c1-24(2)57(54,55)47-40(52)26-11-15-33-35(19-26)50-20-28(17-27-18-31(56-5)14-16-32(27)34(23-50)36(33)25-9-7-6-8-10-25)38-37(39(42(43,44)45)46-49(38)4)41(53)51-21-29-12-13-30(22-51)48(29)3/h11,14-19,24-25,29-30H,6-10,12-13,20-23H2,1-5H3,(H,47,52). The molecule has 3 fully saturated rings. The number of nitrogens with zero attached hydrogens (tertiary/aromatic N) is 5. The highest BCUT2D eigenvalue weighted by Crippen LogP contribution is 2.50. The molecular weight excluding hydrogens is 758 g/mol. The smallest absolute Gasteiger partial charge is 0.435 e. The summed E-state index contributed by atoms with van der Waals surface area (Å²) in [6.45, 7) is 4.05. The summed E-state index contributed by atoms with van der Waals surface area (Å²) in [5.41, 5.74) is 4.37. The molecule has 57 heavy (non-hydrogen) atoms. The molecule has 11 nitrogen and oxygen atoms in total. The van der Waals surface area contributed by atoms with E-state index in [0.29, 0.717) is 36.6 Å². The fraction of sp³-hybridized carbons (Fsp3) is 0.500. The summed E-state index contributed by atoms with van der Waals surface area (Å²) in [6.07, 6.45) is 3.93. The van der Waals surface area contributed by atoms with Crippen LogP contribution in [0.2, 0.25) is 0 Å². The summed E-state index contributed by atoms with van der Waals surface area (Å²) in [5.74, 6) is -0.664. The maximum atomic E-state index is 15.0. The molecule has 15 heteroatoms. The van der Waals surface area contributed by atoms with Gasteiger partial charge in [0.2, 0.25) is 10.0 Å². The highest BCUT2D eigenvalue weighted by Gasteiger charge is 2.46. The summed E-state index contributed by atoms with van der Waals surface area (Å²) in [5, 5.41) is 3.17. The molecule has 5 aliphatic rings. The number of alkyl halides is 3. The number of nitrogens with one attached hydrogen (secondary N) is 1. The molecule has 2 unspecified atom stereocenters. The number of aryl methyl sites for hydroxylation is 1. The molecular formula is C42H49F3N6O5S. The fourth-order valence-electron chi connectivity index (χ4n) is 9.60. The Morgan fingerprint density at radius 1 is 0.930 bits per heavy atom. The van der Waals surface area contributed by atoms with E-state index in [0.717, 1.165) is 72.8 Å². The first-order valence-electron chi connectivity index (χ1n) is 19.8. The van der Waals surface area contributed by atoms with Crippen molar-refractivity contribution in [1.29, 1.82) is 0 Å². The van der Waals surface area contributed by atoms with Crippen LogP contribution in [0, 0.1) is 5.92 Å². The molecule has 304 valence electrons. The van der Waals surface area contributed by atoms with Gasteiger partial charge in [0.05, 0.1) is 23.6 Å². The molecule has 2 atom stereocenters. The third-order valence-corrected chi connectivity index (χ3v) is 14.4. The lowest BCUT2D eigenvalue weighted by molar-refractivity contribution is -0.141. The monoisotopic (exact) mass is 806 g/mol. The van der Waals surface area contributed by atoms with Crippen LogP contribution in [0.15, 0.2) is 36.4 Å². The number of anilines is 1. The normalized spacial score (nSPS) is 21.5. The fourth-order valence-corrected chi connectivity index (χ4v) is 10.2. The van der Waals surface area contributed by atoms with E-state index in [2.05, 4.69) is 14.7 Å². The Hall–Kier alpha value is -4.63. The van der Waals surface area contributed by atoms with Crippen molar-refractivity contribution in [3.05, 3.63) is 75.6 Å². The lowest BCUT2D eigenvalue weighted by Crippen LogP contribution is -2.54. The summed E-state index contributed by atoms with van der Waals surface area (Å²) < 4.78 is 79.4. The third-order valence-electron chi connectivity index (χ3n) is 12.7. The second-order valence-electron chi connectivity index (χ2n) is 16.4.